The van der Waals surface area contributed by atoms with E-state index in [-0.39, 0.29) is 23.7 Å². The Kier molecular flexibility index (Phi) is 6.11. The Bertz CT molecular complexity index is 476. The highest BCUT2D eigenvalue weighted by Gasteiger charge is 2.14. The Morgan fingerprint density at radius 1 is 1.40 bits per heavy atom. The fourth-order valence-corrected chi connectivity index (χ4v) is 1.61. The molecule has 0 fully saturated rings. The minimum atomic E-state index is -0.428. The molecule has 0 bridgehead atoms. The van der Waals surface area contributed by atoms with E-state index in [0.717, 1.165) is 12.0 Å². The second-order valence-electron chi connectivity index (χ2n) is 4.85. The lowest BCUT2D eigenvalue weighted by atomic mass is 10.2. The highest BCUT2D eigenvalue weighted by Crippen LogP contribution is 2.12. The van der Waals surface area contributed by atoms with Gasteiger partial charge in [-0.2, -0.15) is 0 Å². The molecule has 2 atom stereocenters. The van der Waals surface area contributed by atoms with E-state index in [1.165, 1.54) is 12.1 Å². The smallest absolute Gasteiger partial charge is 0.269 e. The third kappa shape index (κ3) is 4.97. The summed E-state index contributed by atoms with van der Waals surface area (Å²) in [5.41, 5.74) is 0.836. The third-order valence-electron chi connectivity index (χ3n) is 3.13. The largest absolute Gasteiger partial charge is 0.352 e. The zero-order valence-corrected chi connectivity index (χ0v) is 12.1. The maximum atomic E-state index is 11.8. The first-order chi connectivity index (χ1) is 9.43. The molecule has 1 aromatic carbocycles. The van der Waals surface area contributed by atoms with E-state index < -0.39 is 4.92 Å². The van der Waals surface area contributed by atoms with E-state index in [9.17, 15) is 14.9 Å². The van der Waals surface area contributed by atoms with Crippen molar-refractivity contribution in [1.82, 2.24) is 10.6 Å². The van der Waals surface area contributed by atoms with Crippen molar-refractivity contribution >= 4 is 11.6 Å². The lowest BCUT2D eigenvalue weighted by molar-refractivity contribution is -0.384. The summed E-state index contributed by atoms with van der Waals surface area (Å²) in [6.45, 7) is 6.14. The fourth-order valence-electron chi connectivity index (χ4n) is 1.61. The van der Waals surface area contributed by atoms with Crippen LogP contribution in [0.1, 0.15) is 32.8 Å². The van der Waals surface area contributed by atoms with Crippen molar-refractivity contribution in [2.45, 2.75) is 45.8 Å². The number of rotatable bonds is 7. The van der Waals surface area contributed by atoms with Crippen LogP contribution in [-0.4, -0.2) is 22.9 Å². The van der Waals surface area contributed by atoms with Gasteiger partial charge in [-0.1, -0.05) is 19.1 Å². The number of nitro benzene ring substituents is 1. The molecule has 1 amide bonds. The topological polar surface area (TPSA) is 84.3 Å². The van der Waals surface area contributed by atoms with Crippen molar-refractivity contribution < 1.29 is 9.72 Å². The van der Waals surface area contributed by atoms with E-state index >= 15 is 0 Å². The summed E-state index contributed by atoms with van der Waals surface area (Å²) in [7, 11) is 0. The molecule has 2 unspecified atom stereocenters. The number of non-ortho nitro benzene ring substituents is 1. The summed E-state index contributed by atoms with van der Waals surface area (Å²) in [5.74, 6) is -0.0650. The number of nitrogens with zero attached hydrogens (tertiary/aromatic N) is 1. The predicted octanol–water partition coefficient (Wildman–Crippen LogP) is 1.99. The zero-order chi connectivity index (χ0) is 15.1. The Labute approximate surface area is 118 Å². The van der Waals surface area contributed by atoms with Gasteiger partial charge in [0.1, 0.15) is 0 Å². The van der Waals surface area contributed by atoms with Crippen LogP contribution in [0.3, 0.4) is 0 Å². The van der Waals surface area contributed by atoms with Crippen molar-refractivity contribution in [2.24, 2.45) is 0 Å². The molecular formula is C14H21N3O3. The average Bonchev–Trinajstić information content (AvgIpc) is 2.44. The normalized spacial score (nSPS) is 13.6. The molecule has 0 aliphatic rings. The minimum Gasteiger partial charge on any atom is -0.352 e. The summed E-state index contributed by atoms with van der Waals surface area (Å²) in [6.07, 6.45) is 0.878. The van der Waals surface area contributed by atoms with Crippen LogP contribution < -0.4 is 10.6 Å². The zero-order valence-electron chi connectivity index (χ0n) is 12.1. The predicted molar refractivity (Wildman–Crippen MR) is 77.3 cm³/mol. The second-order valence-corrected chi connectivity index (χ2v) is 4.85. The summed E-state index contributed by atoms with van der Waals surface area (Å²) in [4.78, 5) is 22.1. The summed E-state index contributed by atoms with van der Waals surface area (Å²) < 4.78 is 0. The quantitative estimate of drug-likeness (QED) is 0.590. The third-order valence-corrected chi connectivity index (χ3v) is 3.13. The highest BCUT2D eigenvalue weighted by atomic mass is 16.6. The molecule has 6 heteroatoms. The van der Waals surface area contributed by atoms with Crippen LogP contribution in [0.25, 0.3) is 0 Å². The van der Waals surface area contributed by atoms with Crippen LogP contribution in [0, 0.1) is 10.1 Å². The number of nitro groups is 1. The van der Waals surface area contributed by atoms with Gasteiger partial charge in [0.15, 0.2) is 0 Å². The lowest BCUT2D eigenvalue weighted by Gasteiger charge is -2.17. The molecule has 6 nitrogen and oxygen atoms in total. The van der Waals surface area contributed by atoms with E-state index in [0.29, 0.717) is 6.54 Å². The van der Waals surface area contributed by atoms with Gasteiger partial charge in [-0.25, -0.2) is 0 Å². The monoisotopic (exact) mass is 279 g/mol. The Morgan fingerprint density at radius 2 is 2.10 bits per heavy atom. The number of hydrogen-bond acceptors (Lipinski definition) is 4. The number of benzene rings is 1. The first-order valence-electron chi connectivity index (χ1n) is 6.71. The maximum absolute atomic E-state index is 11.8. The second kappa shape index (κ2) is 7.59. The van der Waals surface area contributed by atoms with E-state index in [1.54, 1.807) is 19.1 Å². The van der Waals surface area contributed by atoms with Crippen LogP contribution >= 0.6 is 0 Å². The lowest BCUT2D eigenvalue weighted by Crippen LogP contribution is -2.45. The fraction of sp³-hybridized carbons (Fsp3) is 0.500. The van der Waals surface area contributed by atoms with Crippen molar-refractivity contribution in [2.75, 3.05) is 0 Å². The SMILES string of the molecule is CCC(C)NC(=O)C(C)NCc1cccc([N+](=O)[O-])c1. The maximum Gasteiger partial charge on any atom is 0.269 e. The molecule has 0 spiro atoms. The Balaban J connectivity index is 2.52. The van der Waals surface area contributed by atoms with Gasteiger partial charge >= 0.3 is 0 Å². The van der Waals surface area contributed by atoms with Gasteiger partial charge in [-0.15, -0.1) is 0 Å². The number of carbonyl (C=O) groups excluding carboxylic acids is 1. The van der Waals surface area contributed by atoms with Crippen LogP contribution in [0.15, 0.2) is 24.3 Å². The van der Waals surface area contributed by atoms with Gasteiger partial charge in [0.05, 0.1) is 11.0 Å². The molecule has 1 rings (SSSR count). The van der Waals surface area contributed by atoms with Crippen LogP contribution in [0.5, 0.6) is 0 Å². The Hall–Kier alpha value is -1.95. The molecule has 1 aromatic rings. The van der Waals surface area contributed by atoms with Crippen molar-refractivity contribution in [3.05, 3.63) is 39.9 Å². The average molecular weight is 279 g/mol. The van der Waals surface area contributed by atoms with E-state index in [4.69, 9.17) is 0 Å². The first kappa shape index (κ1) is 16.1. The molecule has 110 valence electrons. The number of nitrogens with one attached hydrogen (secondary N) is 2. The van der Waals surface area contributed by atoms with E-state index in [1.807, 2.05) is 13.8 Å². The molecular weight excluding hydrogens is 258 g/mol. The summed E-state index contributed by atoms with van der Waals surface area (Å²) in [5, 5.41) is 16.6. The van der Waals surface area contributed by atoms with Crippen LogP contribution in [0.2, 0.25) is 0 Å². The van der Waals surface area contributed by atoms with Gasteiger partial charge < -0.3 is 10.6 Å². The Morgan fingerprint density at radius 3 is 2.70 bits per heavy atom. The van der Waals surface area contributed by atoms with Crippen molar-refractivity contribution in [1.29, 1.82) is 0 Å². The molecule has 2 N–H and O–H groups in total. The highest BCUT2D eigenvalue weighted by molar-refractivity contribution is 5.81. The molecule has 0 radical (unpaired) electrons. The van der Waals surface area contributed by atoms with Gasteiger partial charge in [0.25, 0.3) is 5.69 Å². The van der Waals surface area contributed by atoms with E-state index in [2.05, 4.69) is 10.6 Å². The number of carbonyl (C=O) groups is 1. The van der Waals surface area contributed by atoms with Gasteiger partial charge in [0, 0.05) is 24.7 Å². The molecule has 0 aliphatic heterocycles. The molecule has 0 aliphatic carbocycles. The molecule has 0 saturated carbocycles. The van der Waals surface area contributed by atoms with Gasteiger partial charge in [-0.05, 0) is 25.8 Å². The summed E-state index contributed by atoms with van der Waals surface area (Å²) in [6, 6.07) is 6.18. The van der Waals surface area contributed by atoms with Gasteiger partial charge in [0.2, 0.25) is 5.91 Å². The van der Waals surface area contributed by atoms with Crippen LogP contribution in [-0.2, 0) is 11.3 Å². The first-order valence-corrected chi connectivity index (χ1v) is 6.71. The summed E-state index contributed by atoms with van der Waals surface area (Å²) >= 11 is 0. The van der Waals surface area contributed by atoms with Crippen molar-refractivity contribution in [3.63, 3.8) is 0 Å². The number of hydrogen-bond donors (Lipinski definition) is 2. The van der Waals surface area contributed by atoms with Gasteiger partial charge in [-0.3, -0.25) is 14.9 Å². The van der Waals surface area contributed by atoms with Crippen molar-refractivity contribution in [3.8, 4) is 0 Å². The molecule has 0 saturated heterocycles. The van der Waals surface area contributed by atoms with Crippen LogP contribution in [0.4, 0.5) is 5.69 Å². The molecule has 20 heavy (non-hydrogen) atoms. The molecule has 0 aromatic heterocycles. The number of amides is 1. The minimum absolute atomic E-state index is 0.0565. The molecule has 0 heterocycles. The standard InChI is InChI=1S/C14H21N3O3/c1-4-10(2)16-14(18)11(3)15-9-12-6-5-7-13(8-12)17(19)20/h5-8,10-11,15H,4,9H2,1-3H3,(H,16,18).